The van der Waals surface area contributed by atoms with Gasteiger partial charge in [0.25, 0.3) is 0 Å². The van der Waals surface area contributed by atoms with Crippen LogP contribution in [0.2, 0.25) is 0 Å². The van der Waals surface area contributed by atoms with Crippen LogP contribution < -0.4 is 4.90 Å². The van der Waals surface area contributed by atoms with Crippen molar-refractivity contribution in [3.05, 3.63) is 65.7 Å². The van der Waals surface area contributed by atoms with Gasteiger partial charge in [-0.3, -0.25) is 0 Å². The van der Waals surface area contributed by atoms with Gasteiger partial charge in [0.2, 0.25) is 0 Å². The van der Waals surface area contributed by atoms with E-state index in [9.17, 15) is 4.39 Å². The van der Waals surface area contributed by atoms with E-state index in [0.29, 0.717) is 12.2 Å². The maximum Gasteiger partial charge on any atom is 0.163 e. The van der Waals surface area contributed by atoms with Gasteiger partial charge in [0.15, 0.2) is 11.6 Å². The molecule has 0 amide bonds. The number of benzene rings is 2. The smallest absolute Gasteiger partial charge is 0.163 e. The summed E-state index contributed by atoms with van der Waals surface area (Å²) in [5, 5.41) is 8.66. The molecule has 0 aliphatic carbocycles. The van der Waals surface area contributed by atoms with Crippen LogP contribution in [0.5, 0.6) is 0 Å². The zero-order valence-electron chi connectivity index (χ0n) is 13.6. The highest BCUT2D eigenvalue weighted by Crippen LogP contribution is 2.31. The summed E-state index contributed by atoms with van der Waals surface area (Å²) in [6.45, 7) is 1.39. The number of aromatic nitrogens is 3. The van der Waals surface area contributed by atoms with Crippen LogP contribution in [-0.2, 0) is 20.0 Å². The van der Waals surface area contributed by atoms with Gasteiger partial charge in [-0.1, -0.05) is 42.5 Å². The summed E-state index contributed by atoms with van der Waals surface area (Å²) in [5.41, 5.74) is 2.82. The topological polar surface area (TPSA) is 34.0 Å². The average Bonchev–Trinajstić information content (AvgIpc) is 2.97. The molecule has 1 aliphatic rings. The highest BCUT2D eigenvalue weighted by Gasteiger charge is 2.22. The predicted molar refractivity (Wildman–Crippen MR) is 92.2 cm³/mol. The second kappa shape index (κ2) is 6.07. The number of nitrogens with zero attached hydrogens (tertiary/aromatic N) is 4. The first-order valence-electron chi connectivity index (χ1n) is 8.20. The average molecular weight is 322 g/mol. The Labute approximate surface area is 140 Å². The number of hydrogen-bond donors (Lipinski definition) is 0. The molecule has 0 unspecified atom stereocenters. The van der Waals surface area contributed by atoms with Crippen LogP contribution in [0.4, 0.5) is 10.1 Å². The van der Waals surface area contributed by atoms with Crippen molar-refractivity contribution >= 4 is 5.69 Å². The molecule has 4 nitrogen and oxygen atoms in total. The molecule has 0 atom stereocenters. The molecule has 0 saturated carbocycles. The number of para-hydroxylation sites is 1. The highest BCUT2D eigenvalue weighted by molar-refractivity contribution is 5.57. The van der Waals surface area contributed by atoms with Gasteiger partial charge >= 0.3 is 0 Å². The monoisotopic (exact) mass is 322 g/mol. The number of fused-ring (bicyclic) bond motifs is 1. The van der Waals surface area contributed by atoms with Gasteiger partial charge in [-0.2, -0.15) is 0 Å². The summed E-state index contributed by atoms with van der Waals surface area (Å²) in [6.07, 6.45) is 1.96. The standard InChI is InChI=1S/C19H19FN4/c1-23-17(21-22-19(23)15-7-3-2-4-8-15)13-24-12-6-10-14-9-5-11-16(20)18(14)24/h2-5,7-9,11H,6,10,12-13H2,1H3. The molecule has 4 rings (SSSR count). The van der Waals surface area contributed by atoms with Crippen LogP contribution in [0.15, 0.2) is 48.5 Å². The molecule has 5 heteroatoms. The molecule has 0 radical (unpaired) electrons. The maximum atomic E-state index is 14.3. The number of rotatable bonds is 3. The van der Waals surface area contributed by atoms with Crippen molar-refractivity contribution in [3.8, 4) is 11.4 Å². The van der Waals surface area contributed by atoms with Crippen LogP contribution in [0, 0.1) is 5.82 Å². The Morgan fingerprint density at radius 2 is 1.88 bits per heavy atom. The fourth-order valence-corrected chi connectivity index (χ4v) is 3.35. The minimum Gasteiger partial charge on any atom is -0.361 e. The van der Waals surface area contributed by atoms with Crippen molar-refractivity contribution in [1.82, 2.24) is 14.8 Å². The first-order valence-corrected chi connectivity index (χ1v) is 8.20. The fraction of sp³-hybridized carbons (Fsp3) is 0.263. The third kappa shape index (κ3) is 2.56. The minimum atomic E-state index is -0.155. The maximum absolute atomic E-state index is 14.3. The first kappa shape index (κ1) is 14.9. The second-order valence-electron chi connectivity index (χ2n) is 6.14. The molecule has 0 saturated heterocycles. The van der Waals surface area contributed by atoms with Crippen LogP contribution in [0.1, 0.15) is 17.8 Å². The Morgan fingerprint density at radius 3 is 2.71 bits per heavy atom. The summed E-state index contributed by atoms with van der Waals surface area (Å²) in [7, 11) is 1.96. The lowest BCUT2D eigenvalue weighted by molar-refractivity contribution is 0.587. The Hall–Kier alpha value is -2.69. The lowest BCUT2D eigenvalue weighted by Gasteiger charge is -2.31. The van der Waals surface area contributed by atoms with E-state index in [4.69, 9.17) is 0 Å². The van der Waals surface area contributed by atoms with E-state index in [1.165, 1.54) is 6.07 Å². The molecule has 3 aromatic rings. The van der Waals surface area contributed by atoms with E-state index in [0.717, 1.165) is 42.2 Å². The van der Waals surface area contributed by atoms with Crippen molar-refractivity contribution in [2.75, 3.05) is 11.4 Å². The summed E-state index contributed by atoms with van der Waals surface area (Å²) in [6, 6.07) is 15.3. The predicted octanol–water partition coefficient (Wildman–Crippen LogP) is 3.57. The Kier molecular flexibility index (Phi) is 3.76. The van der Waals surface area contributed by atoms with Gasteiger partial charge in [-0.15, -0.1) is 10.2 Å². The molecule has 1 aliphatic heterocycles. The molecule has 0 fully saturated rings. The van der Waals surface area contributed by atoms with Crippen molar-refractivity contribution in [3.63, 3.8) is 0 Å². The summed E-state index contributed by atoms with van der Waals surface area (Å²) in [5.74, 6) is 1.51. The van der Waals surface area contributed by atoms with E-state index in [2.05, 4.69) is 15.1 Å². The van der Waals surface area contributed by atoms with E-state index >= 15 is 0 Å². The molecule has 122 valence electrons. The van der Waals surface area contributed by atoms with Crippen LogP contribution >= 0.6 is 0 Å². The largest absolute Gasteiger partial charge is 0.361 e. The molecule has 1 aromatic heterocycles. The van der Waals surface area contributed by atoms with E-state index in [-0.39, 0.29) is 5.82 Å². The molecule has 2 heterocycles. The van der Waals surface area contributed by atoms with Gasteiger partial charge < -0.3 is 9.47 Å². The number of hydrogen-bond acceptors (Lipinski definition) is 3. The van der Waals surface area contributed by atoms with Gasteiger partial charge in [0, 0.05) is 19.2 Å². The van der Waals surface area contributed by atoms with Crippen molar-refractivity contribution < 1.29 is 4.39 Å². The minimum absolute atomic E-state index is 0.155. The number of anilines is 1. The van der Waals surface area contributed by atoms with Crippen LogP contribution in [0.25, 0.3) is 11.4 Å². The third-order valence-electron chi connectivity index (χ3n) is 4.59. The third-order valence-corrected chi connectivity index (χ3v) is 4.59. The Balaban J connectivity index is 1.65. The summed E-state index contributed by atoms with van der Waals surface area (Å²) < 4.78 is 16.3. The van der Waals surface area contributed by atoms with Crippen LogP contribution in [0.3, 0.4) is 0 Å². The van der Waals surface area contributed by atoms with Crippen molar-refractivity contribution in [2.24, 2.45) is 7.05 Å². The molecule has 24 heavy (non-hydrogen) atoms. The zero-order valence-corrected chi connectivity index (χ0v) is 13.6. The number of halogens is 1. The highest BCUT2D eigenvalue weighted by atomic mass is 19.1. The normalized spacial score (nSPS) is 13.8. The van der Waals surface area contributed by atoms with Crippen LogP contribution in [-0.4, -0.2) is 21.3 Å². The molecular weight excluding hydrogens is 303 g/mol. The quantitative estimate of drug-likeness (QED) is 0.739. The second-order valence-corrected chi connectivity index (χ2v) is 6.14. The molecule has 0 spiro atoms. The Bertz CT molecular complexity index is 857. The fourth-order valence-electron chi connectivity index (χ4n) is 3.35. The molecule has 0 bridgehead atoms. The zero-order chi connectivity index (χ0) is 16.5. The lowest BCUT2D eigenvalue weighted by atomic mass is 10.0. The summed E-state index contributed by atoms with van der Waals surface area (Å²) >= 11 is 0. The van der Waals surface area contributed by atoms with Gasteiger partial charge in [0.05, 0.1) is 12.2 Å². The van der Waals surface area contributed by atoms with Crippen molar-refractivity contribution in [1.29, 1.82) is 0 Å². The van der Waals surface area contributed by atoms with E-state index in [1.807, 2.05) is 48.0 Å². The first-order chi connectivity index (χ1) is 11.7. The van der Waals surface area contributed by atoms with Gasteiger partial charge in [-0.25, -0.2) is 4.39 Å². The molecule has 0 N–H and O–H groups in total. The summed E-state index contributed by atoms with van der Waals surface area (Å²) in [4.78, 5) is 2.08. The van der Waals surface area contributed by atoms with E-state index in [1.54, 1.807) is 6.07 Å². The van der Waals surface area contributed by atoms with Gasteiger partial charge in [0.1, 0.15) is 5.82 Å². The van der Waals surface area contributed by atoms with Gasteiger partial charge in [-0.05, 0) is 24.5 Å². The van der Waals surface area contributed by atoms with Crippen molar-refractivity contribution in [2.45, 2.75) is 19.4 Å². The Morgan fingerprint density at radius 1 is 1.04 bits per heavy atom. The SMILES string of the molecule is Cn1c(CN2CCCc3cccc(F)c32)nnc1-c1ccccc1. The lowest BCUT2D eigenvalue weighted by Crippen LogP contribution is -2.31. The molecule has 2 aromatic carbocycles. The molecular formula is C19H19FN4. The number of aryl methyl sites for hydroxylation is 1. The van der Waals surface area contributed by atoms with E-state index < -0.39 is 0 Å².